The van der Waals surface area contributed by atoms with Crippen molar-refractivity contribution in [2.45, 2.75) is 57.9 Å². The van der Waals surface area contributed by atoms with Crippen LogP contribution in [0.5, 0.6) is 0 Å². The fourth-order valence-corrected chi connectivity index (χ4v) is 2.18. The van der Waals surface area contributed by atoms with Crippen LogP contribution >= 0.6 is 11.6 Å². The molecule has 0 fully saturated rings. The van der Waals surface area contributed by atoms with Crippen molar-refractivity contribution in [3.05, 3.63) is 29.0 Å². The molecule has 0 saturated carbocycles. The molecule has 1 unspecified atom stereocenters. The molecular formula is C14H24ClN3. The Morgan fingerprint density at radius 1 is 1.22 bits per heavy atom. The topological polar surface area (TPSA) is 50.9 Å². The maximum absolute atomic E-state index is 5.77. The molecule has 0 amide bonds. The van der Waals surface area contributed by atoms with Gasteiger partial charge in [-0.15, -0.1) is 0 Å². The SMILES string of the molecule is CCCCCCCCC(NN)c1ccc(Cl)nc1. The van der Waals surface area contributed by atoms with Crippen LogP contribution in [-0.2, 0) is 0 Å². The van der Waals surface area contributed by atoms with E-state index in [0.717, 1.165) is 12.0 Å². The van der Waals surface area contributed by atoms with Crippen LogP contribution in [0.25, 0.3) is 0 Å². The lowest BCUT2D eigenvalue weighted by Gasteiger charge is -2.15. The lowest BCUT2D eigenvalue weighted by Crippen LogP contribution is -2.28. The van der Waals surface area contributed by atoms with E-state index in [9.17, 15) is 0 Å². The highest BCUT2D eigenvalue weighted by molar-refractivity contribution is 6.29. The van der Waals surface area contributed by atoms with E-state index in [0.29, 0.717) is 5.15 Å². The van der Waals surface area contributed by atoms with Gasteiger partial charge >= 0.3 is 0 Å². The van der Waals surface area contributed by atoms with Crippen LogP contribution in [0.1, 0.15) is 63.5 Å². The molecule has 1 heterocycles. The molecule has 1 aromatic rings. The van der Waals surface area contributed by atoms with Crippen LogP contribution in [0.4, 0.5) is 0 Å². The van der Waals surface area contributed by atoms with E-state index < -0.39 is 0 Å². The highest BCUT2D eigenvalue weighted by Crippen LogP contribution is 2.20. The second kappa shape index (κ2) is 9.31. The number of hydrogen-bond acceptors (Lipinski definition) is 3. The molecular weight excluding hydrogens is 246 g/mol. The van der Waals surface area contributed by atoms with E-state index in [4.69, 9.17) is 17.4 Å². The Labute approximate surface area is 115 Å². The van der Waals surface area contributed by atoms with Crippen LogP contribution in [0.2, 0.25) is 5.15 Å². The molecule has 0 spiro atoms. The fraction of sp³-hybridized carbons (Fsp3) is 0.643. The van der Waals surface area contributed by atoms with Gasteiger partial charge in [0.05, 0.1) is 0 Å². The summed E-state index contributed by atoms with van der Waals surface area (Å²) in [6.45, 7) is 2.24. The van der Waals surface area contributed by atoms with E-state index in [-0.39, 0.29) is 6.04 Å². The first-order chi connectivity index (χ1) is 8.77. The Morgan fingerprint density at radius 3 is 2.56 bits per heavy atom. The Bertz CT molecular complexity index is 313. The molecule has 0 aliphatic heterocycles. The van der Waals surface area contributed by atoms with Crippen molar-refractivity contribution < 1.29 is 0 Å². The van der Waals surface area contributed by atoms with Gasteiger partial charge in [-0.2, -0.15) is 0 Å². The Kier molecular flexibility index (Phi) is 7.98. The molecule has 0 saturated heterocycles. The van der Waals surface area contributed by atoms with Crippen molar-refractivity contribution in [1.29, 1.82) is 0 Å². The number of aromatic nitrogens is 1. The summed E-state index contributed by atoms with van der Waals surface area (Å²) in [6.07, 6.45) is 10.6. The maximum atomic E-state index is 5.77. The van der Waals surface area contributed by atoms with Crippen molar-refractivity contribution in [3.63, 3.8) is 0 Å². The summed E-state index contributed by atoms with van der Waals surface area (Å²) in [4.78, 5) is 4.09. The third kappa shape index (κ3) is 5.80. The Morgan fingerprint density at radius 2 is 1.94 bits per heavy atom. The number of hydrazine groups is 1. The highest BCUT2D eigenvalue weighted by atomic mass is 35.5. The molecule has 3 nitrogen and oxygen atoms in total. The first-order valence-electron chi connectivity index (χ1n) is 6.85. The number of halogens is 1. The van der Waals surface area contributed by atoms with Gasteiger partial charge in [0.25, 0.3) is 0 Å². The monoisotopic (exact) mass is 269 g/mol. The smallest absolute Gasteiger partial charge is 0.129 e. The number of nitrogens with two attached hydrogens (primary N) is 1. The minimum Gasteiger partial charge on any atom is -0.271 e. The standard InChI is InChI=1S/C14H24ClN3/c1-2-3-4-5-6-7-8-13(18-16)12-9-10-14(15)17-11-12/h9-11,13,18H,2-8,16H2,1H3. The second-order valence-electron chi connectivity index (χ2n) is 4.69. The highest BCUT2D eigenvalue weighted by Gasteiger charge is 2.09. The van der Waals surface area contributed by atoms with E-state index in [1.165, 1.54) is 38.5 Å². The van der Waals surface area contributed by atoms with Crippen LogP contribution in [0, 0.1) is 0 Å². The van der Waals surface area contributed by atoms with Gasteiger partial charge in [0, 0.05) is 12.2 Å². The second-order valence-corrected chi connectivity index (χ2v) is 5.08. The summed E-state index contributed by atoms with van der Waals surface area (Å²) < 4.78 is 0. The number of rotatable bonds is 9. The molecule has 0 aliphatic rings. The number of pyridine rings is 1. The lowest BCUT2D eigenvalue weighted by molar-refractivity contribution is 0.476. The van der Waals surface area contributed by atoms with Crippen molar-refractivity contribution in [3.8, 4) is 0 Å². The summed E-state index contributed by atoms with van der Waals surface area (Å²) in [5, 5.41) is 0.522. The van der Waals surface area contributed by atoms with Crippen molar-refractivity contribution in [2.24, 2.45) is 5.84 Å². The number of nitrogens with zero attached hydrogens (tertiary/aromatic N) is 1. The molecule has 4 heteroatoms. The predicted molar refractivity (Wildman–Crippen MR) is 77.3 cm³/mol. The van der Waals surface area contributed by atoms with E-state index in [1.54, 1.807) is 6.20 Å². The van der Waals surface area contributed by atoms with Gasteiger partial charge < -0.3 is 0 Å². The summed E-state index contributed by atoms with van der Waals surface area (Å²) in [7, 11) is 0. The van der Waals surface area contributed by atoms with E-state index in [2.05, 4.69) is 17.3 Å². The molecule has 1 atom stereocenters. The zero-order valence-corrected chi connectivity index (χ0v) is 11.9. The maximum Gasteiger partial charge on any atom is 0.129 e. The van der Waals surface area contributed by atoms with Gasteiger partial charge in [-0.05, 0) is 18.1 Å². The molecule has 0 aliphatic carbocycles. The van der Waals surface area contributed by atoms with Crippen LogP contribution < -0.4 is 11.3 Å². The first kappa shape index (κ1) is 15.4. The van der Waals surface area contributed by atoms with Gasteiger partial charge in [0.15, 0.2) is 0 Å². The zero-order valence-electron chi connectivity index (χ0n) is 11.2. The third-order valence-electron chi connectivity index (χ3n) is 3.20. The summed E-state index contributed by atoms with van der Waals surface area (Å²) >= 11 is 5.77. The predicted octanol–water partition coefficient (Wildman–Crippen LogP) is 3.99. The van der Waals surface area contributed by atoms with Gasteiger partial charge in [0.1, 0.15) is 5.15 Å². The molecule has 102 valence electrons. The molecule has 1 aromatic heterocycles. The molecule has 1 rings (SSSR count). The molecule has 0 radical (unpaired) electrons. The molecule has 3 N–H and O–H groups in total. The third-order valence-corrected chi connectivity index (χ3v) is 3.42. The summed E-state index contributed by atoms with van der Waals surface area (Å²) in [5.74, 6) is 5.59. The minimum absolute atomic E-state index is 0.181. The van der Waals surface area contributed by atoms with E-state index >= 15 is 0 Å². The van der Waals surface area contributed by atoms with Crippen molar-refractivity contribution >= 4 is 11.6 Å². The van der Waals surface area contributed by atoms with Crippen LogP contribution in [0.15, 0.2) is 18.3 Å². The van der Waals surface area contributed by atoms with Crippen LogP contribution in [-0.4, -0.2) is 4.98 Å². The number of hydrogen-bond donors (Lipinski definition) is 2. The van der Waals surface area contributed by atoms with Crippen molar-refractivity contribution in [1.82, 2.24) is 10.4 Å². The quantitative estimate of drug-likeness (QED) is 0.308. The lowest BCUT2D eigenvalue weighted by atomic mass is 10.0. The minimum atomic E-state index is 0.181. The average Bonchev–Trinajstić information content (AvgIpc) is 2.39. The Balaban J connectivity index is 2.27. The fourth-order valence-electron chi connectivity index (χ4n) is 2.07. The van der Waals surface area contributed by atoms with Gasteiger partial charge in [-0.3, -0.25) is 11.3 Å². The van der Waals surface area contributed by atoms with Crippen LogP contribution in [0.3, 0.4) is 0 Å². The summed E-state index contributed by atoms with van der Waals surface area (Å²) in [5.41, 5.74) is 3.96. The van der Waals surface area contributed by atoms with Gasteiger partial charge in [0.2, 0.25) is 0 Å². The average molecular weight is 270 g/mol. The zero-order chi connectivity index (χ0) is 13.2. The van der Waals surface area contributed by atoms with Crippen molar-refractivity contribution in [2.75, 3.05) is 0 Å². The Hall–Kier alpha value is -0.640. The largest absolute Gasteiger partial charge is 0.271 e. The summed E-state index contributed by atoms with van der Waals surface area (Å²) in [6, 6.07) is 3.97. The van der Waals surface area contributed by atoms with E-state index in [1.807, 2.05) is 12.1 Å². The first-order valence-corrected chi connectivity index (χ1v) is 7.23. The molecule has 18 heavy (non-hydrogen) atoms. The number of unbranched alkanes of at least 4 members (excludes halogenated alkanes) is 5. The molecule has 0 bridgehead atoms. The number of nitrogens with one attached hydrogen (secondary N) is 1. The van der Waals surface area contributed by atoms with Gasteiger partial charge in [-0.25, -0.2) is 4.98 Å². The normalized spacial score (nSPS) is 12.6. The van der Waals surface area contributed by atoms with Gasteiger partial charge in [-0.1, -0.05) is 63.1 Å². The molecule has 0 aromatic carbocycles.